The molecule has 1 saturated heterocycles. The van der Waals surface area contributed by atoms with Crippen molar-refractivity contribution < 1.29 is 4.79 Å². The second-order valence-electron chi connectivity index (χ2n) is 6.40. The Labute approximate surface area is 158 Å². The third kappa shape index (κ3) is 4.34. The molecular weight excluding hydrogens is 348 g/mol. The minimum atomic E-state index is -0.280. The topological polar surface area (TPSA) is 59.4 Å². The highest BCUT2D eigenvalue weighted by molar-refractivity contribution is 6.30. The van der Waals surface area contributed by atoms with Gasteiger partial charge >= 0.3 is 6.03 Å². The molecule has 2 aromatic rings. The molecule has 134 valence electrons. The van der Waals surface area contributed by atoms with E-state index in [1.165, 1.54) is 5.56 Å². The maximum atomic E-state index is 12.4. The van der Waals surface area contributed by atoms with Crippen molar-refractivity contribution in [3.63, 3.8) is 0 Å². The molecule has 2 amide bonds. The molecule has 2 aromatic carbocycles. The zero-order chi connectivity index (χ0) is 18.5. The van der Waals surface area contributed by atoms with E-state index in [0.29, 0.717) is 31.2 Å². The molecule has 0 aromatic heterocycles. The van der Waals surface area contributed by atoms with Crippen LogP contribution < -0.4 is 5.32 Å². The quantitative estimate of drug-likeness (QED) is 0.888. The summed E-state index contributed by atoms with van der Waals surface area (Å²) in [5.41, 5.74) is 2.89. The molecule has 1 aliphatic heterocycles. The first-order valence-corrected chi connectivity index (χ1v) is 8.96. The average molecular weight is 369 g/mol. The Bertz CT molecular complexity index is 790. The molecule has 26 heavy (non-hydrogen) atoms. The first-order valence-electron chi connectivity index (χ1n) is 8.58. The summed E-state index contributed by atoms with van der Waals surface area (Å²) in [4.78, 5) is 16.3. The van der Waals surface area contributed by atoms with E-state index in [9.17, 15) is 10.1 Å². The second kappa shape index (κ2) is 8.22. The standard InChI is InChI=1S/C20H21ClN4O/c1-15-2-4-16(5-3-15)19(14-22)24-10-12-25(13-11-24)20(26)23-18-8-6-17(21)7-9-18/h2-9,19H,10-13H2,1H3,(H,23,26). The fourth-order valence-electron chi connectivity index (χ4n) is 3.03. The monoisotopic (exact) mass is 368 g/mol. The van der Waals surface area contributed by atoms with E-state index >= 15 is 0 Å². The molecule has 0 spiro atoms. The highest BCUT2D eigenvalue weighted by atomic mass is 35.5. The van der Waals surface area contributed by atoms with Gasteiger partial charge < -0.3 is 10.2 Å². The van der Waals surface area contributed by atoms with Gasteiger partial charge in [0.15, 0.2) is 0 Å². The minimum Gasteiger partial charge on any atom is -0.322 e. The number of urea groups is 1. The van der Waals surface area contributed by atoms with Crippen LogP contribution in [-0.2, 0) is 0 Å². The molecule has 5 nitrogen and oxygen atoms in total. The van der Waals surface area contributed by atoms with E-state index in [1.807, 2.05) is 31.2 Å². The first kappa shape index (κ1) is 18.2. The zero-order valence-corrected chi connectivity index (χ0v) is 15.4. The zero-order valence-electron chi connectivity index (χ0n) is 14.7. The second-order valence-corrected chi connectivity index (χ2v) is 6.84. The SMILES string of the molecule is Cc1ccc(C(C#N)N2CCN(C(=O)Nc3ccc(Cl)cc3)CC2)cc1. The van der Waals surface area contributed by atoms with Crippen LogP contribution in [0.2, 0.25) is 5.02 Å². The third-order valence-electron chi connectivity index (χ3n) is 4.58. The minimum absolute atomic E-state index is 0.129. The maximum absolute atomic E-state index is 12.4. The Kier molecular flexibility index (Phi) is 5.77. The van der Waals surface area contributed by atoms with Gasteiger partial charge in [-0.2, -0.15) is 5.26 Å². The molecule has 1 unspecified atom stereocenters. The fourth-order valence-corrected chi connectivity index (χ4v) is 3.16. The summed E-state index contributed by atoms with van der Waals surface area (Å²) in [5.74, 6) is 0. The molecule has 1 atom stereocenters. The number of nitrogens with one attached hydrogen (secondary N) is 1. The predicted octanol–water partition coefficient (Wildman–Crippen LogP) is 4.06. The largest absolute Gasteiger partial charge is 0.322 e. The van der Waals surface area contributed by atoms with Crippen molar-refractivity contribution in [2.75, 3.05) is 31.5 Å². The molecule has 0 radical (unpaired) electrons. The van der Waals surface area contributed by atoms with E-state index in [2.05, 4.69) is 16.3 Å². The van der Waals surface area contributed by atoms with Crippen LogP contribution in [0.15, 0.2) is 48.5 Å². The summed E-state index contributed by atoms with van der Waals surface area (Å²) in [6.45, 7) is 4.54. The molecule has 1 heterocycles. The highest BCUT2D eigenvalue weighted by Crippen LogP contribution is 2.22. The van der Waals surface area contributed by atoms with Crippen LogP contribution in [0, 0.1) is 18.3 Å². The van der Waals surface area contributed by atoms with Gasteiger partial charge in [-0.05, 0) is 36.8 Å². The van der Waals surface area contributed by atoms with Crippen LogP contribution in [0.3, 0.4) is 0 Å². The van der Waals surface area contributed by atoms with Gasteiger partial charge in [0.1, 0.15) is 6.04 Å². The van der Waals surface area contributed by atoms with Crippen LogP contribution in [0.4, 0.5) is 10.5 Å². The summed E-state index contributed by atoms with van der Waals surface area (Å²) in [7, 11) is 0. The molecule has 1 aliphatic rings. The summed E-state index contributed by atoms with van der Waals surface area (Å²) in [6.07, 6.45) is 0. The molecule has 6 heteroatoms. The smallest absolute Gasteiger partial charge is 0.321 e. The lowest BCUT2D eigenvalue weighted by molar-refractivity contribution is 0.131. The number of hydrogen-bond donors (Lipinski definition) is 1. The van der Waals surface area contributed by atoms with E-state index in [0.717, 1.165) is 11.3 Å². The third-order valence-corrected chi connectivity index (χ3v) is 4.83. The number of piperazine rings is 1. The molecule has 0 saturated carbocycles. The normalized spacial score (nSPS) is 16.0. The van der Waals surface area contributed by atoms with Crippen molar-refractivity contribution in [2.45, 2.75) is 13.0 Å². The number of aryl methyl sites for hydroxylation is 1. The number of hydrogen-bond acceptors (Lipinski definition) is 3. The number of nitrogens with zero attached hydrogens (tertiary/aromatic N) is 3. The molecule has 1 N–H and O–H groups in total. The van der Waals surface area contributed by atoms with Crippen LogP contribution in [0.25, 0.3) is 0 Å². The molecule has 3 rings (SSSR count). The van der Waals surface area contributed by atoms with Gasteiger partial charge in [-0.25, -0.2) is 4.79 Å². The maximum Gasteiger partial charge on any atom is 0.321 e. The first-order chi connectivity index (χ1) is 12.6. The van der Waals surface area contributed by atoms with E-state index in [-0.39, 0.29) is 12.1 Å². The van der Waals surface area contributed by atoms with Crippen LogP contribution in [0.1, 0.15) is 17.2 Å². The molecular formula is C20H21ClN4O. The summed E-state index contributed by atoms with van der Waals surface area (Å²) in [5, 5.41) is 13.1. The fraction of sp³-hybridized carbons (Fsp3) is 0.300. The van der Waals surface area contributed by atoms with Crippen molar-refractivity contribution in [2.24, 2.45) is 0 Å². The molecule has 0 bridgehead atoms. The van der Waals surface area contributed by atoms with E-state index < -0.39 is 0 Å². The van der Waals surface area contributed by atoms with Crippen molar-refractivity contribution >= 4 is 23.3 Å². The number of rotatable bonds is 3. The van der Waals surface area contributed by atoms with Crippen molar-refractivity contribution in [3.8, 4) is 6.07 Å². The van der Waals surface area contributed by atoms with Crippen LogP contribution >= 0.6 is 11.6 Å². The van der Waals surface area contributed by atoms with Gasteiger partial charge in [-0.3, -0.25) is 4.90 Å². The lowest BCUT2D eigenvalue weighted by Gasteiger charge is -2.37. The molecule has 1 fully saturated rings. The van der Waals surface area contributed by atoms with Crippen molar-refractivity contribution in [1.82, 2.24) is 9.80 Å². The highest BCUT2D eigenvalue weighted by Gasteiger charge is 2.27. The lowest BCUT2D eigenvalue weighted by Crippen LogP contribution is -2.50. The number of benzene rings is 2. The number of amides is 2. The van der Waals surface area contributed by atoms with Gasteiger partial charge in [0.25, 0.3) is 0 Å². The Hall–Kier alpha value is -2.55. The van der Waals surface area contributed by atoms with Crippen LogP contribution in [0.5, 0.6) is 0 Å². The number of carbonyl (C=O) groups is 1. The summed E-state index contributed by atoms with van der Waals surface area (Å²) >= 11 is 5.86. The van der Waals surface area contributed by atoms with Gasteiger partial charge in [-0.15, -0.1) is 0 Å². The Morgan fingerprint density at radius 3 is 2.27 bits per heavy atom. The summed E-state index contributed by atoms with van der Waals surface area (Å²) in [6, 6.07) is 17.1. The lowest BCUT2D eigenvalue weighted by atomic mass is 10.0. The van der Waals surface area contributed by atoms with E-state index in [1.54, 1.807) is 29.2 Å². The Balaban J connectivity index is 1.57. The van der Waals surface area contributed by atoms with Crippen LogP contribution in [-0.4, -0.2) is 42.0 Å². The summed E-state index contributed by atoms with van der Waals surface area (Å²) < 4.78 is 0. The van der Waals surface area contributed by atoms with Gasteiger partial charge in [0.05, 0.1) is 6.07 Å². The van der Waals surface area contributed by atoms with Gasteiger partial charge in [0, 0.05) is 36.9 Å². The Morgan fingerprint density at radius 2 is 1.69 bits per heavy atom. The number of nitriles is 1. The Morgan fingerprint density at radius 1 is 1.08 bits per heavy atom. The van der Waals surface area contributed by atoms with Crippen molar-refractivity contribution in [3.05, 3.63) is 64.7 Å². The number of carbonyl (C=O) groups excluding carboxylic acids is 1. The molecule has 0 aliphatic carbocycles. The average Bonchev–Trinajstić information content (AvgIpc) is 2.66. The number of halogens is 1. The van der Waals surface area contributed by atoms with Crippen molar-refractivity contribution in [1.29, 1.82) is 5.26 Å². The number of anilines is 1. The predicted molar refractivity (Wildman–Crippen MR) is 103 cm³/mol. The van der Waals surface area contributed by atoms with Gasteiger partial charge in [0.2, 0.25) is 0 Å². The van der Waals surface area contributed by atoms with E-state index in [4.69, 9.17) is 11.6 Å². The van der Waals surface area contributed by atoms with Gasteiger partial charge in [-0.1, -0.05) is 41.4 Å².